The lowest BCUT2D eigenvalue weighted by Crippen LogP contribution is -2.50. The van der Waals surface area contributed by atoms with Crippen molar-refractivity contribution in [2.45, 2.75) is 56.6 Å². The summed E-state index contributed by atoms with van der Waals surface area (Å²) in [4.78, 5) is 0. The first-order valence-electron chi connectivity index (χ1n) is 7.32. The van der Waals surface area contributed by atoms with Crippen molar-refractivity contribution in [3.63, 3.8) is 0 Å². The van der Waals surface area contributed by atoms with Crippen LogP contribution in [0, 0.1) is 5.82 Å². The molecule has 112 valence electrons. The van der Waals surface area contributed by atoms with Crippen LogP contribution >= 0.6 is 15.9 Å². The number of rotatable bonds is 4. The van der Waals surface area contributed by atoms with Gasteiger partial charge in [-0.1, -0.05) is 41.6 Å². The first-order chi connectivity index (χ1) is 9.57. The zero-order valence-corrected chi connectivity index (χ0v) is 13.6. The number of hydrogen-bond acceptors (Lipinski definition) is 2. The van der Waals surface area contributed by atoms with Crippen LogP contribution in [0.4, 0.5) is 4.39 Å². The highest BCUT2D eigenvalue weighted by Gasteiger charge is 2.37. The van der Waals surface area contributed by atoms with Gasteiger partial charge in [0, 0.05) is 17.6 Å². The minimum Gasteiger partial charge on any atom is -0.377 e. The van der Waals surface area contributed by atoms with Gasteiger partial charge < -0.3 is 10.5 Å². The summed E-state index contributed by atoms with van der Waals surface area (Å²) in [5, 5.41) is 0. The van der Waals surface area contributed by atoms with E-state index in [1.807, 2.05) is 0 Å². The molecule has 2 nitrogen and oxygen atoms in total. The fourth-order valence-electron chi connectivity index (χ4n) is 3.18. The zero-order valence-electron chi connectivity index (χ0n) is 12.0. The van der Waals surface area contributed by atoms with Crippen LogP contribution < -0.4 is 5.73 Å². The summed E-state index contributed by atoms with van der Waals surface area (Å²) in [5.41, 5.74) is 7.10. The van der Waals surface area contributed by atoms with Gasteiger partial charge in [0.05, 0.1) is 5.60 Å². The Kier molecular flexibility index (Phi) is 5.58. The highest BCUT2D eigenvalue weighted by molar-refractivity contribution is 9.10. The number of benzene rings is 1. The van der Waals surface area contributed by atoms with Crippen molar-refractivity contribution in [1.29, 1.82) is 0 Å². The van der Waals surface area contributed by atoms with Crippen molar-refractivity contribution in [3.05, 3.63) is 34.1 Å². The lowest BCUT2D eigenvalue weighted by Gasteiger charge is -2.37. The quantitative estimate of drug-likeness (QED) is 0.831. The van der Waals surface area contributed by atoms with E-state index >= 15 is 0 Å². The third-order valence-corrected chi connectivity index (χ3v) is 5.25. The molecule has 0 radical (unpaired) electrons. The van der Waals surface area contributed by atoms with Gasteiger partial charge in [-0.2, -0.15) is 0 Å². The molecule has 0 spiro atoms. The van der Waals surface area contributed by atoms with Gasteiger partial charge in [0.2, 0.25) is 0 Å². The molecule has 1 saturated carbocycles. The van der Waals surface area contributed by atoms with Crippen LogP contribution in [0.2, 0.25) is 0 Å². The van der Waals surface area contributed by atoms with Gasteiger partial charge in [-0.05, 0) is 43.0 Å². The van der Waals surface area contributed by atoms with E-state index in [-0.39, 0.29) is 17.5 Å². The van der Waals surface area contributed by atoms with Crippen molar-refractivity contribution in [2.24, 2.45) is 5.73 Å². The minimum absolute atomic E-state index is 0.108. The lowest BCUT2D eigenvalue weighted by molar-refractivity contribution is -0.0430. The molecule has 4 heteroatoms. The second-order valence-electron chi connectivity index (χ2n) is 5.73. The van der Waals surface area contributed by atoms with E-state index in [0.29, 0.717) is 6.42 Å². The van der Waals surface area contributed by atoms with Crippen LogP contribution in [-0.2, 0) is 11.2 Å². The SMILES string of the molecule is COC1(C(N)Cc2cc(F)ccc2Br)CCCCCC1. The molecule has 2 rings (SSSR count). The third kappa shape index (κ3) is 3.60. The number of methoxy groups -OCH3 is 1. The maximum Gasteiger partial charge on any atom is 0.123 e. The van der Waals surface area contributed by atoms with E-state index in [9.17, 15) is 4.39 Å². The van der Waals surface area contributed by atoms with E-state index in [4.69, 9.17) is 10.5 Å². The van der Waals surface area contributed by atoms with Crippen LogP contribution in [0.25, 0.3) is 0 Å². The summed E-state index contributed by atoms with van der Waals surface area (Å²) < 4.78 is 20.1. The van der Waals surface area contributed by atoms with Crippen LogP contribution in [0.3, 0.4) is 0 Å². The number of ether oxygens (including phenoxy) is 1. The first-order valence-corrected chi connectivity index (χ1v) is 8.11. The Labute approximate surface area is 129 Å². The average Bonchev–Trinajstić information content (AvgIpc) is 2.69. The average molecular weight is 344 g/mol. The number of nitrogens with two attached hydrogens (primary N) is 1. The van der Waals surface area contributed by atoms with Crippen molar-refractivity contribution in [3.8, 4) is 0 Å². The summed E-state index contributed by atoms with van der Waals surface area (Å²) in [7, 11) is 1.76. The maximum atomic E-state index is 13.4. The first kappa shape index (κ1) is 15.9. The highest BCUT2D eigenvalue weighted by atomic mass is 79.9. The standard InChI is InChI=1S/C16H23BrFNO/c1-20-16(8-4-2-3-5-9-16)15(19)11-12-10-13(18)6-7-14(12)17/h6-7,10,15H,2-5,8-9,11,19H2,1H3. The Bertz CT molecular complexity index is 444. The fourth-order valence-corrected chi connectivity index (χ4v) is 3.58. The molecule has 1 aliphatic carbocycles. The Morgan fingerprint density at radius 2 is 1.95 bits per heavy atom. The molecular weight excluding hydrogens is 321 g/mol. The molecule has 1 fully saturated rings. The van der Waals surface area contributed by atoms with E-state index in [1.54, 1.807) is 19.2 Å². The van der Waals surface area contributed by atoms with Gasteiger partial charge in [-0.15, -0.1) is 0 Å². The molecule has 1 unspecified atom stereocenters. The van der Waals surface area contributed by atoms with Crippen molar-refractivity contribution in [2.75, 3.05) is 7.11 Å². The molecular formula is C16H23BrFNO. The summed E-state index contributed by atoms with van der Waals surface area (Å²) in [6.45, 7) is 0. The largest absolute Gasteiger partial charge is 0.377 e. The van der Waals surface area contributed by atoms with E-state index < -0.39 is 0 Å². The van der Waals surface area contributed by atoms with Crippen molar-refractivity contribution in [1.82, 2.24) is 0 Å². The molecule has 1 aliphatic rings. The number of halogens is 2. The van der Waals surface area contributed by atoms with Crippen LogP contribution in [0.15, 0.2) is 22.7 Å². The number of hydrogen-bond donors (Lipinski definition) is 1. The minimum atomic E-state index is -0.262. The summed E-state index contributed by atoms with van der Waals surface area (Å²) in [6.07, 6.45) is 7.45. The smallest absolute Gasteiger partial charge is 0.123 e. The van der Waals surface area contributed by atoms with E-state index in [0.717, 1.165) is 35.7 Å². The van der Waals surface area contributed by atoms with Crippen LogP contribution in [0.1, 0.15) is 44.1 Å². The predicted molar refractivity (Wildman–Crippen MR) is 83.2 cm³/mol. The molecule has 0 aliphatic heterocycles. The topological polar surface area (TPSA) is 35.2 Å². The normalized spacial score (nSPS) is 20.4. The van der Waals surface area contributed by atoms with Gasteiger partial charge in [-0.25, -0.2) is 4.39 Å². The second kappa shape index (κ2) is 7.01. The van der Waals surface area contributed by atoms with Gasteiger partial charge in [0.15, 0.2) is 0 Å². The molecule has 0 amide bonds. The fraction of sp³-hybridized carbons (Fsp3) is 0.625. The van der Waals surface area contributed by atoms with Gasteiger partial charge in [-0.3, -0.25) is 0 Å². The molecule has 1 aromatic rings. The van der Waals surface area contributed by atoms with Crippen molar-refractivity contribution >= 4 is 15.9 Å². The Morgan fingerprint density at radius 3 is 2.55 bits per heavy atom. The highest BCUT2D eigenvalue weighted by Crippen LogP contribution is 2.34. The predicted octanol–water partition coefficient (Wildman–Crippen LogP) is 4.20. The lowest BCUT2D eigenvalue weighted by atomic mass is 9.83. The van der Waals surface area contributed by atoms with E-state index in [1.165, 1.54) is 18.9 Å². The Hall–Kier alpha value is -0.450. The molecule has 0 bridgehead atoms. The molecule has 0 aromatic heterocycles. The maximum absolute atomic E-state index is 13.4. The Balaban J connectivity index is 2.16. The molecule has 1 atom stereocenters. The molecule has 20 heavy (non-hydrogen) atoms. The van der Waals surface area contributed by atoms with Gasteiger partial charge in [0.1, 0.15) is 5.82 Å². The molecule has 1 aromatic carbocycles. The third-order valence-electron chi connectivity index (χ3n) is 4.48. The monoisotopic (exact) mass is 343 g/mol. The second-order valence-corrected chi connectivity index (χ2v) is 6.58. The summed E-state index contributed by atoms with van der Waals surface area (Å²) in [6, 6.07) is 4.65. The summed E-state index contributed by atoms with van der Waals surface area (Å²) >= 11 is 3.47. The van der Waals surface area contributed by atoms with E-state index in [2.05, 4.69) is 15.9 Å². The van der Waals surface area contributed by atoms with Crippen molar-refractivity contribution < 1.29 is 9.13 Å². The van der Waals surface area contributed by atoms with Crippen LogP contribution in [-0.4, -0.2) is 18.8 Å². The molecule has 2 N–H and O–H groups in total. The zero-order chi connectivity index (χ0) is 14.6. The molecule has 0 heterocycles. The summed E-state index contributed by atoms with van der Waals surface area (Å²) in [5.74, 6) is -0.220. The Morgan fingerprint density at radius 1 is 1.30 bits per heavy atom. The molecule has 0 saturated heterocycles. The van der Waals surface area contributed by atoms with Gasteiger partial charge >= 0.3 is 0 Å². The van der Waals surface area contributed by atoms with Crippen LogP contribution in [0.5, 0.6) is 0 Å². The van der Waals surface area contributed by atoms with Gasteiger partial charge in [0.25, 0.3) is 0 Å².